The van der Waals surface area contributed by atoms with Crippen molar-refractivity contribution >= 4 is 23.1 Å². The molecule has 0 saturated carbocycles. The molecule has 0 fully saturated rings. The van der Waals surface area contributed by atoms with Crippen LogP contribution in [0.1, 0.15) is 80.3 Å². The molecule has 2 aromatic heterocycles. The van der Waals surface area contributed by atoms with Crippen LogP contribution in [-0.4, -0.2) is 33.1 Å². The maximum atomic E-state index is 12.6. The van der Waals surface area contributed by atoms with Crippen LogP contribution in [0.15, 0.2) is 120 Å². The molecule has 0 unspecified atom stereocenters. The van der Waals surface area contributed by atoms with Crippen LogP contribution in [-0.2, 0) is 12.8 Å². The molecule has 0 aliphatic heterocycles. The van der Waals surface area contributed by atoms with E-state index in [1.165, 1.54) is 0 Å². The minimum atomic E-state index is -0.0564. The Morgan fingerprint density at radius 2 is 0.905 bits per heavy atom. The van der Waals surface area contributed by atoms with Crippen LogP contribution in [0.5, 0.6) is 0 Å². The van der Waals surface area contributed by atoms with Crippen molar-refractivity contribution in [1.29, 1.82) is 0 Å². The summed E-state index contributed by atoms with van der Waals surface area (Å²) < 4.78 is 0. The summed E-state index contributed by atoms with van der Waals surface area (Å²) in [5.74, 6) is -0.209. The Labute approximate surface area is 245 Å². The maximum absolute atomic E-state index is 12.6. The second-order valence-corrected chi connectivity index (χ2v) is 9.69. The molecule has 0 saturated heterocycles. The third-order valence-electron chi connectivity index (χ3n) is 7.20. The first-order valence-electron chi connectivity index (χ1n) is 13.9. The smallest absolute Gasteiger partial charge is 0.190 e. The molecular formula is C36H32N2O4. The number of carbonyl (C=O) groups is 4. The highest BCUT2D eigenvalue weighted by molar-refractivity contribution is 6.27. The van der Waals surface area contributed by atoms with E-state index in [1.807, 2.05) is 38.1 Å². The molecule has 0 radical (unpaired) electrons. The lowest BCUT2D eigenvalue weighted by Crippen LogP contribution is -2.22. The molecule has 6 heteroatoms. The van der Waals surface area contributed by atoms with Gasteiger partial charge in [0, 0.05) is 82.2 Å². The molecule has 2 aliphatic carbocycles. The van der Waals surface area contributed by atoms with Crippen molar-refractivity contribution < 1.29 is 19.2 Å². The maximum Gasteiger partial charge on any atom is 0.190 e. The number of carbonyl (C=O) groups excluding carboxylic acids is 4. The number of nitrogens with zero attached hydrogens (tertiary/aromatic N) is 2. The van der Waals surface area contributed by atoms with Crippen molar-refractivity contribution in [2.24, 2.45) is 0 Å². The van der Waals surface area contributed by atoms with Gasteiger partial charge < -0.3 is 0 Å². The lowest BCUT2D eigenvalue weighted by atomic mass is 9.82. The van der Waals surface area contributed by atoms with Gasteiger partial charge in [0.05, 0.1) is 0 Å². The predicted octanol–water partition coefficient (Wildman–Crippen LogP) is 7.07. The average Bonchev–Trinajstić information content (AvgIpc) is 3.05. The van der Waals surface area contributed by atoms with E-state index in [2.05, 4.69) is 9.97 Å². The second kappa shape index (κ2) is 13.5. The van der Waals surface area contributed by atoms with Crippen molar-refractivity contribution in [1.82, 2.24) is 9.97 Å². The van der Waals surface area contributed by atoms with Gasteiger partial charge in [-0.25, -0.2) is 0 Å². The second-order valence-electron chi connectivity index (χ2n) is 9.69. The van der Waals surface area contributed by atoms with Crippen LogP contribution in [0, 0.1) is 0 Å². The lowest BCUT2D eigenvalue weighted by Gasteiger charge is -2.18. The first kappa shape index (κ1) is 29.9. The van der Waals surface area contributed by atoms with Gasteiger partial charge in [0.25, 0.3) is 0 Å². The van der Waals surface area contributed by atoms with Gasteiger partial charge in [-0.05, 0) is 43.2 Å². The third-order valence-corrected chi connectivity index (χ3v) is 7.20. The average molecular weight is 557 g/mol. The number of aromatic nitrogens is 2. The highest BCUT2D eigenvalue weighted by atomic mass is 16.1. The van der Waals surface area contributed by atoms with Crippen LogP contribution in [0.3, 0.4) is 0 Å². The summed E-state index contributed by atoms with van der Waals surface area (Å²) in [6.45, 7) is 7.45. The fraction of sp³-hybridized carbons (Fsp3) is 0.167. The molecule has 0 amide bonds. The summed E-state index contributed by atoms with van der Waals surface area (Å²) in [5, 5.41) is 0. The van der Waals surface area contributed by atoms with Crippen molar-refractivity contribution in [3.63, 3.8) is 0 Å². The van der Waals surface area contributed by atoms with E-state index in [9.17, 15) is 19.2 Å². The van der Waals surface area contributed by atoms with Crippen LogP contribution in [0.25, 0.3) is 0 Å². The molecule has 6 rings (SSSR count). The Morgan fingerprint density at radius 1 is 0.476 bits per heavy atom. The van der Waals surface area contributed by atoms with Crippen molar-refractivity contribution in [3.8, 4) is 0 Å². The summed E-state index contributed by atoms with van der Waals surface area (Å²) in [7, 11) is 0. The van der Waals surface area contributed by atoms with Crippen LogP contribution < -0.4 is 0 Å². The highest BCUT2D eigenvalue weighted by Crippen LogP contribution is 2.29. The normalized spacial score (nSPS) is 13.9. The van der Waals surface area contributed by atoms with E-state index >= 15 is 0 Å². The van der Waals surface area contributed by atoms with Gasteiger partial charge in [-0.3, -0.25) is 29.1 Å². The van der Waals surface area contributed by atoms with Crippen LogP contribution in [0.4, 0.5) is 0 Å². The fourth-order valence-corrected chi connectivity index (χ4v) is 4.94. The number of hydrogen-bond donors (Lipinski definition) is 0. The summed E-state index contributed by atoms with van der Waals surface area (Å²) in [4.78, 5) is 57.8. The molecule has 2 heterocycles. The number of hydrogen-bond acceptors (Lipinski definition) is 6. The largest absolute Gasteiger partial charge is 0.289 e. The summed E-state index contributed by atoms with van der Waals surface area (Å²) in [6.07, 6.45) is 7.70. The number of ketones is 4. The molecule has 0 spiro atoms. The minimum absolute atomic E-state index is 0.0467. The number of Topliss-reactive ketones (excluding diaryl/α,β-unsaturated/α-hetero) is 4. The minimum Gasteiger partial charge on any atom is -0.289 e. The quantitative estimate of drug-likeness (QED) is 0.267. The fourth-order valence-electron chi connectivity index (χ4n) is 4.94. The highest BCUT2D eigenvalue weighted by Gasteiger charge is 2.30. The predicted molar refractivity (Wildman–Crippen MR) is 163 cm³/mol. The molecule has 6 nitrogen and oxygen atoms in total. The first-order chi connectivity index (χ1) is 20.4. The van der Waals surface area contributed by atoms with Crippen molar-refractivity contribution in [2.75, 3.05) is 0 Å². The summed E-state index contributed by atoms with van der Waals surface area (Å²) >= 11 is 0. The first-order valence-corrected chi connectivity index (χ1v) is 13.9. The summed E-state index contributed by atoms with van der Waals surface area (Å²) in [5.41, 5.74) is 6.18. The molecule has 2 aromatic carbocycles. The summed E-state index contributed by atoms with van der Waals surface area (Å²) in [6, 6.07) is 21.4. The Morgan fingerprint density at radius 3 is 1.33 bits per heavy atom. The van der Waals surface area contributed by atoms with Crippen LogP contribution >= 0.6 is 0 Å². The lowest BCUT2D eigenvalue weighted by molar-refractivity contribution is 0.0973. The van der Waals surface area contributed by atoms with Crippen molar-refractivity contribution in [3.05, 3.63) is 153 Å². The van der Waals surface area contributed by atoms with Gasteiger partial charge in [-0.15, -0.1) is 0 Å². The number of benzene rings is 2. The van der Waals surface area contributed by atoms with Gasteiger partial charge >= 0.3 is 0 Å². The number of fused-ring (bicyclic) bond motifs is 2. The number of allylic oxidation sites excluding steroid dienone is 4. The molecule has 42 heavy (non-hydrogen) atoms. The number of pyridine rings is 2. The molecule has 0 N–H and O–H groups in total. The Balaban J connectivity index is 0.000000182. The van der Waals surface area contributed by atoms with Gasteiger partial charge in [-0.1, -0.05) is 68.4 Å². The Kier molecular flexibility index (Phi) is 9.61. The van der Waals surface area contributed by atoms with Gasteiger partial charge in [0.1, 0.15) is 0 Å². The monoisotopic (exact) mass is 556 g/mol. The van der Waals surface area contributed by atoms with E-state index in [-0.39, 0.29) is 23.1 Å². The third kappa shape index (κ3) is 6.13. The standard InChI is InChI=1S/2C17H13NO2.C2H6/c1-11-15(9-12-5-4-8-18-10-12)17(20)14-7-3-2-6-13(14)16(11)19;1-11-15(10-12-6-8-18-9-7-12)17(20)14-5-3-2-4-13(14)16(11)19;1-2/h2-8,10H,9H2,1H3;2-9H,10H2,1H3;1-2H3. The zero-order valence-corrected chi connectivity index (χ0v) is 24.2. The molecule has 0 bridgehead atoms. The number of rotatable bonds is 4. The van der Waals surface area contributed by atoms with Gasteiger partial charge in [0.2, 0.25) is 0 Å². The Bertz CT molecular complexity index is 1590. The van der Waals surface area contributed by atoms with E-state index in [0.717, 1.165) is 11.1 Å². The van der Waals surface area contributed by atoms with E-state index in [1.54, 1.807) is 87.2 Å². The van der Waals surface area contributed by atoms with Crippen LogP contribution in [0.2, 0.25) is 0 Å². The SMILES string of the molecule is CC.CC1=C(Cc2cccnc2)C(=O)c2ccccc2C1=O.CC1=C(Cc2ccncc2)C(=O)c2ccccc2C1=O. The topological polar surface area (TPSA) is 94.1 Å². The Hall–Kier alpha value is -5.10. The van der Waals surface area contributed by atoms with E-state index in [4.69, 9.17) is 0 Å². The van der Waals surface area contributed by atoms with E-state index < -0.39 is 0 Å². The van der Waals surface area contributed by atoms with E-state index in [0.29, 0.717) is 57.4 Å². The molecule has 4 aromatic rings. The zero-order valence-electron chi connectivity index (χ0n) is 24.2. The zero-order chi connectivity index (χ0) is 30.2. The van der Waals surface area contributed by atoms with Gasteiger partial charge in [0.15, 0.2) is 23.1 Å². The molecular weight excluding hydrogens is 524 g/mol. The molecule has 0 atom stereocenters. The van der Waals surface area contributed by atoms with Gasteiger partial charge in [-0.2, -0.15) is 0 Å². The molecule has 210 valence electrons. The van der Waals surface area contributed by atoms with Crippen molar-refractivity contribution in [2.45, 2.75) is 40.5 Å². The molecule has 2 aliphatic rings.